The average Bonchev–Trinajstić information content (AvgIpc) is 2.61. The monoisotopic (exact) mass is 247 g/mol. The van der Waals surface area contributed by atoms with E-state index in [9.17, 15) is 4.79 Å². The number of hydrogen-bond acceptors (Lipinski definition) is 2. The van der Waals surface area contributed by atoms with Crippen molar-refractivity contribution in [2.24, 2.45) is 0 Å². The first kappa shape index (κ1) is 12.9. The number of hydrogen-bond donors (Lipinski definition) is 1. The number of urea groups is 1. The van der Waals surface area contributed by atoms with E-state index >= 15 is 0 Å². The lowest BCUT2D eigenvalue weighted by Gasteiger charge is -2.18. The van der Waals surface area contributed by atoms with Gasteiger partial charge in [0.05, 0.1) is 6.04 Å². The standard InChI is InChI=1S/C14H21N3O/c1-10-5-6-11(2)13(7-10)17-9-12(8-15-3)16(4)14(17)18/h5-7,12,15H,8-9H2,1-4H3. The molecule has 1 saturated heterocycles. The molecule has 4 nitrogen and oxygen atoms in total. The van der Waals surface area contributed by atoms with Crippen LogP contribution in [-0.2, 0) is 0 Å². The quantitative estimate of drug-likeness (QED) is 0.883. The molecule has 2 amide bonds. The van der Waals surface area contributed by atoms with Crippen molar-refractivity contribution >= 4 is 11.7 Å². The van der Waals surface area contributed by atoms with Crippen LogP contribution in [0.2, 0.25) is 0 Å². The molecular formula is C14H21N3O. The molecule has 2 rings (SSSR count). The Morgan fingerprint density at radius 3 is 2.78 bits per heavy atom. The summed E-state index contributed by atoms with van der Waals surface area (Å²) in [6.07, 6.45) is 0. The Balaban J connectivity index is 2.29. The molecule has 1 aliphatic heterocycles. The number of likely N-dealkylation sites (N-methyl/N-ethyl adjacent to an activating group) is 2. The minimum absolute atomic E-state index is 0.0870. The topological polar surface area (TPSA) is 35.6 Å². The largest absolute Gasteiger partial charge is 0.324 e. The van der Waals surface area contributed by atoms with E-state index in [0.29, 0.717) is 0 Å². The number of benzene rings is 1. The van der Waals surface area contributed by atoms with Crippen molar-refractivity contribution in [3.63, 3.8) is 0 Å². The molecule has 98 valence electrons. The molecule has 1 unspecified atom stereocenters. The lowest BCUT2D eigenvalue weighted by Crippen LogP contribution is -2.37. The van der Waals surface area contributed by atoms with E-state index in [4.69, 9.17) is 0 Å². The number of amides is 2. The number of carbonyl (C=O) groups excluding carboxylic acids is 1. The van der Waals surface area contributed by atoms with Crippen LogP contribution in [0.5, 0.6) is 0 Å². The van der Waals surface area contributed by atoms with Crippen molar-refractivity contribution in [2.75, 3.05) is 32.1 Å². The van der Waals surface area contributed by atoms with Crippen LogP contribution >= 0.6 is 0 Å². The minimum Gasteiger partial charge on any atom is -0.321 e. The molecule has 1 aromatic carbocycles. The van der Waals surface area contributed by atoms with Crippen molar-refractivity contribution in [2.45, 2.75) is 19.9 Å². The Bertz CT molecular complexity index is 458. The summed E-state index contributed by atoms with van der Waals surface area (Å²) in [5, 5.41) is 3.14. The molecule has 0 aliphatic carbocycles. The zero-order valence-corrected chi connectivity index (χ0v) is 11.5. The van der Waals surface area contributed by atoms with E-state index in [1.165, 1.54) is 5.56 Å². The van der Waals surface area contributed by atoms with Gasteiger partial charge in [0.15, 0.2) is 0 Å². The van der Waals surface area contributed by atoms with Crippen molar-refractivity contribution < 1.29 is 4.79 Å². The second-order valence-corrected chi connectivity index (χ2v) is 5.01. The Morgan fingerprint density at radius 2 is 2.11 bits per heavy atom. The summed E-state index contributed by atoms with van der Waals surface area (Å²) in [6.45, 7) is 5.68. The first-order valence-corrected chi connectivity index (χ1v) is 6.30. The molecule has 0 saturated carbocycles. The average molecular weight is 247 g/mol. The van der Waals surface area contributed by atoms with E-state index < -0.39 is 0 Å². The lowest BCUT2D eigenvalue weighted by atomic mass is 10.1. The molecule has 0 radical (unpaired) electrons. The Morgan fingerprint density at radius 1 is 1.39 bits per heavy atom. The van der Waals surface area contributed by atoms with Gasteiger partial charge in [-0.25, -0.2) is 4.79 Å². The molecule has 0 aromatic heterocycles. The first-order chi connectivity index (χ1) is 8.54. The SMILES string of the molecule is CNCC1CN(c2cc(C)ccc2C)C(=O)N1C. The zero-order chi connectivity index (χ0) is 13.3. The third kappa shape index (κ3) is 2.20. The highest BCUT2D eigenvalue weighted by Crippen LogP contribution is 2.26. The fourth-order valence-electron chi connectivity index (χ4n) is 2.41. The summed E-state index contributed by atoms with van der Waals surface area (Å²) >= 11 is 0. The van der Waals surface area contributed by atoms with E-state index in [-0.39, 0.29) is 12.1 Å². The molecule has 18 heavy (non-hydrogen) atoms. The van der Waals surface area contributed by atoms with Gasteiger partial charge in [0, 0.05) is 25.8 Å². The van der Waals surface area contributed by atoms with Gasteiger partial charge < -0.3 is 10.2 Å². The summed E-state index contributed by atoms with van der Waals surface area (Å²) in [5.74, 6) is 0. The summed E-state index contributed by atoms with van der Waals surface area (Å²) < 4.78 is 0. The molecule has 1 aliphatic rings. The molecule has 1 aromatic rings. The van der Waals surface area contributed by atoms with Gasteiger partial charge in [0.2, 0.25) is 0 Å². The van der Waals surface area contributed by atoms with Gasteiger partial charge in [-0.3, -0.25) is 4.90 Å². The molecule has 0 bridgehead atoms. The predicted molar refractivity (Wildman–Crippen MR) is 74.1 cm³/mol. The fourth-order valence-corrected chi connectivity index (χ4v) is 2.41. The van der Waals surface area contributed by atoms with Crippen LogP contribution in [0.25, 0.3) is 0 Å². The Labute approximate surface area is 109 Å². The molecule has 1 fully saturated rings. The van der Waals surface area contributed by atoms with Crippen LogP contribution in [-0.4, -0.2) is 44.2 Å². The highest BCUT2D eigenvalue weighted by Gasteiger charge is 2.35. The maximum absolute atomic E-state index is 12.3. The number of nitrogens with one attached hydrogen (secondary N) is 1. The highest BCUT2D eigenvalue weighted by molar-refractivity contribution is 5.95. The number of aryl methyl sites for hydroxylation is 2. The van der Waals surface area contributed by atoms with Gasteiger partial charge in [-0.1, -0.05) is 12.1 Å². The predicted octanol–water partition coefficient (Wildman–Crippen LogP) is 1.76. The van der Waals surface area contributed by atoms with Crippen LogP contribution in [0.4, 0.5) is 10.5 Å². The Hall–Kier alpha value is -1.55. The van der Waals surface area contributed by atoms with E-state index in [1.54, 1.807) is 0 Å². The second-order valence-electron chi connectivity index (χ2n) is 5.01. The van der Waals surface area contributed by atoms with Crippen LogP contribution in [0.3, 0.4) is 0 Å². The van der Waals surface area contributed by atoms with Crippen molar-refractivity contribution in [3.05, 3.63) is 29.3 Å². The third-order valence-corrected chi connectivity index (χ3v) is 3.57. The van der Waals surface area contributed by atoms with Gasteiger partial charge in [-0.05, 0) is 38.1 Å². The van der Waals surface area contributed by atoms with Crippen molar-refractivity contribution in [3.8, 4) is 0 Å². The summed E-state index contributed by atoms with van der Waals surface area (Å²) in [6, 6.07) is 6.56. The molecule has 4 heteroatoms. The van der Waals surface area contributed by atoms with Crippen LogP contribution in [0.15, 0.2) is 18.2 Å². The van der Waals surface area contributed by atoms with Crippen LogP contribution in [0.1, 0.15) is 11.1 Å². The van der Waals surface area contributed by atoms with Gasteiger partial charge in [-0.15, -0.1) is 0 Å². The highest BCUT2D eigenvalue weighted by atomic mass is 16.2. The van der Waals surface area contributed by atoms with Gasteiger partial charge in [-0.2, -0.15) is 0 Å². The van der Waals surface area contributed by atoms with Crippen molar-refractivity contribution in [1.29, 1.82) is 0 Å². The normalized spacial score (nSPS) is 19.8. The van der Waals surface area contributed by atoms with E-state index in [1.807, 2.05) is 30.8 Å². The van der Waals surface area contributed by atoms with E-state index in [2.05, 4.69) is 30.4 Å². The van der Waals surface area contributed by atoms with Crippen LogP contribution in [0, 0.1) is 13.8 Å². The third-order valence-electron chi connectivity index (χ3n) is 3.57. The van der Waals surface area contributed by atoms with E-state index in [0.717, 1.165) is 24.3 Å². The number of anilines is 1. The van der Waals surface area contributed by atoms with Gasteiger partial charge in [0.25, 0.3) is 0 Å². The molecule has 0 spiro atoms. The Kier molecular flexibility index (Phi) is 3.57. The zero-order valence-electron chi connectivity index (χ0n) is 11.5. The molecule has 1 N–H and O–H groups in total. The maximum atomic E-state index is 12.3. The van der Waals surface area contributed by atoms with Crippen LogP contribution < -0.4 is 10.2 Å². The number of nitrogens with zero attached hydrogens (tertiary/aromatic N) is 2. The first-order valence-electron chi connectivity index (χ1n) is 6.30. The smallest absolute Gasteiger partial charge is 0.321 e. The molecular weight excluding hydrogens is 226 g/mol. The number of rotatable bonds is 3. The minimum atomic E-state index is 0.0870. The number of carbonyl (C=O) groups is 1. The molecule has 1 heterocycles. The summed E-state index contributed by atoms with van der Waals surface area (Å²) in [7, 11) is 3.79. The van der Waals surface area contributed by atoms with Gasteiger partial charge >= 0.3 is 6.03 Å². The second kappa shape index (κ2) is 4.98. The lowest BCUT2D eigenvalue weighted by molar-refractivity contribution is 0.218. The summed E-state index contributed by atoms with van der Waals surface area (Å²) in [4.78, 5) is 16.0. The summed E-state index contributed by atoms with van der Waals surface area (Å²) in [5.41, 5.74) is 3.36. The van der Waals surface area contributed by atoms with Crippen molar-refractivity contribution in [1.82, 2.24) is 10.2 Å². The fraction of sp³-hybridized carbons (Fsp3) is 0.500. The maximum Gasteiger partial charge on any atom is 0.324 e. The van der Waals surface area contributed by atoms with Gasteiger partial charge in [0.1, 0.15) is 0 Å². The molecule has 1 atom stereocenters.